The Kier molecular flexibility index (Phi) is 4.79. The average Bonchev–Trinajstić information content (AvgIpc) is 3.52. The third-order valence-electron chi connectivity index (χ3n) is 5.30. The van der Waals surface area contributed by atoms with E-state index < -0.39 is 29.3 Å². The van der Waals surface area contributed by atoms with Crippen LogP contribution in [0, 0.1) is 5.82 Å². The molecule has 1 aliphatic rings. The topological polar surface area (TPSA) is 80.0 Å². The van der Waals surface area contributed by atoms with E-state index in [1.54, 1.807) is 47.8 Å². The molecule has 1 aliphatic heterocycles. The molecule has 0 saturated heterocycles. The Bertz CT molecular complexity index is 1390. The SMILES string of the molecule is COc1cccc2cc(C(=O)C3=C(O)C(=O)N(c4cccc(F)c4)C3c3cccs3)oc12. The minimum absolute atomic E-state index is 0.0403. The number of aliphatic hydroxyl groups is 1. The molecule has 4 aromatic rings. The van der Waals surface area contributed by atoms with E-state index in [0.29, 0.717) is 21.6 Å². The van der Waals surface area contributed by atoms with Crippen molar-refractivity contribution in [2.24, 2.45) is 0 Å². The van der Waals surface area contributed by atoms with Gasteiger partial charge in [-0.1, -0.05) is 24.3 Å². The predicted molar refractivity (Wildman–Crippen MR) is 118 cm³/mol. The zero-order valence-corrected chi connectivity index (χ0v) is 17.6. The van der Waals surface area contributed by atoms with E-state index in [0.717, 1.165) is 0 Å². The molecule has 5 rings (SSSR count). The maximum absolute atomic E-state index is 13.9. The first-order valence-electron chi connectivity index (χ1n) is 9.66. The number of anilines is 1. The molecule has 0 fully saturated rings. The van der Waals surface area contributed by atoms with Gasteiger partial charge in [0.25, 0.3) is 5.91 Å². The monoisotopic (exact) mass is 449 g/mol. The van der Waals surface area contributed by atoms with Gasteiger partial charge in [0.05, 0.1) is 12.7 Å². The molecule has 0 radical (unpaired) electrons. The number of benzene rings is 2. The minimum Gasteiger partial charge on any atom is -0.503 e. The van der Waals surface area contributed by atoms with Gasteiger partial charge in [0.1, 0.15) is 11.9 Å². The lowest BCUT2D eigenvalue weighted by Crippen LogP contribution is -2.30. The molecule has 0 saturated carbocycles. The summed E-state index contributed by atoms with van der Waals surface area (Å²) in [5.41, 5.74) is 0.492. The van der Waals surface area contributed by atoms with Crippen molar-refractivity contribution in [3.8, 4) is 5.75 Å². The zero-order valence-electron chi connectivity index (χ0n) is 16.7. The maximum atomic E-state index is 13.9. The second-order valence-electron chi connectivity index (χ2n) is 7.15. The molecule has 1 amide bonds. The number of furan rings is 1. The summed E-state index contributed by atoms with van der Waals surface area (Å²) in [5.74, 6) is -2.23. The van der Waals surface area contributed by atoms with Crippen molar-refractivity contribution in [1.29, 1.82) is 0 Å². The number of aliphatic hydroxyl groups excluding tert-OH is 1. The van der Waals surface area contributed by atoms with Crippen LogP contribution in [0.1, 0.15) is 21.5 Å². The summed E-state index contributed by atoms with van der Waals surface area (Å²) in [6.07, 6.45) is 0. The van der Waals surface area contributed by atoms with Gasteiger partial charge in [-0.25, -0.2) is 4.39 Å². The molecule has 1 atom stereocenters. The first-order valence-corrected chi connectivity index (χ1v) is 10.5. The number of hydrogen-bond donors (Lipinski definition) is 1. The summed E-state index contributed by atoms with van der Waals surface area (Å²) in [6, 6.07) is 14.8. The van der Waals surface area contributed by atoms with Gasteiger partial charge in [-0.2, -0.15) is 0 Å². The molecule has 0 spiro atoms. The third kappa shape index (κ3) is 3.07. The highest BCUT2D eigenvalue weighted by Crippen LogP contribution is 2.44. The highest BCUT2D eigenvalue weighted by atomic mass is 32.1. The van der Waals surface area contributed by atoms with E-state index in [2.05, 4.69) is 0 Å². The van der Waals surface area contributed by atoms with Crippen molar-refractivity contribution in [3.05, 3.63) is 93.8 Å². The Hall–Kier alpha value is -3.91. The zero-order chi connectivity index (χ0) is 22.4. The Morgan fingerprint density at radius 3 is 2.69 bits per heavy atom. The summed E-state index contributed by atoms with van der Waals surface area (Å²) >= 11 is 1.32. The largest absolute Gasteiger partial charge is 0.503 e. The third-order valence-corrected chi connectivity index (χ3v) is 6.23. The second kappa shape index (κ2) is 7.65. The van der Waals surface area contributed by atoms with Crippen LogP contribution in [0.15, 0.2) is 81.8 Å². The number of ketones is 1. The molecule has 0 aliphatic carbocycles. The molecule has 1 unspecified atom stereocenters. The van der Waals surface area contributed by atoms with Crippen LogP contribution in [0.25, 0.3) is 11.0 Å². The highest BCUT2D eigenvalue weighted by Gasteiger charge is 2.46. The molecule has 8 heteroatoms. The van der Waals surface area contributed by atoms with Crippen molar-refractivity contribution >= 4 is 39.7 Å². The van der Waals surface area contributed by atoms with Crippen LogP contribution in [0.4, 0.5) is 10.1 Å². The molecule has 3 heterocycles. The number of halogens is 1. The Morgan fingerprint density at radius 2 is 1.97 bits per heavy atom. The number of hydrogen-bond acceptors (Lipinski definition) is 6. The number of fused-ring (bicyclic) bond motifs is 1. The van der Waals surface area contributed by atoms with E-state index in [9.17, 15) is 19.1 Å². The van der Waals surface area contributed by atoms with E-state index in [4.69, 9.17) is 9.15 Å². The van der Waals surface area contributed by atoms with Gasteiger partial charge >= 0.3 is 0 Å². The number of Topliss-reactive ketones (excluding diaryl/α,β-unsaturated/α-hetero) is 1. The van der Waals surface area contributed by atoms with E-state index in [-0.39, 0.29) is 17.0 Å². The van der Waals surface area contributed by atoms with E-state index >= 15 is 0 Å². The molecule has 6 nitrogen and oxygen atoms in total. The number of methoxy groups -OCH3 is 1. The van der Waals surface area contributed by atoms with Crippen molar-refractivity contribution in [1.82, 2.24) is 0 Å². The Labute approximate surface area is 185 Å². The van der Waals surface area contributed by atoms with E-state index in [1.165, 1.54) is 41.5 Å². The van der Waals surface area contributed by atoms with Crippen LogP contribution >= 0.6 is 11.3 Å². The average molecular weight is 449 g/mol. The van der Waals surface area contributed by atoms with Crippen LogP contribution in [0.2, 0.25) is 0 Å². The molecule has 2 aromatic heterocycles. The van der Waals surface area contributed by atoms with Gasteiger partial charge in [0, 0.05) is 16.0 Å². The summed E-state index contributed by atoms with van der Waals surface area (Å²) < 4.78 is 25.0. The summed E-state index contributed by atoms with van der Waals surface area (Å²) in [7, 11) is 1.49. The van der Waals surface area contributed by atoms with Gasteiger partial charge in [0.15, 0.2) is 22.9 Å². The van der Waals surface area contributed by atoms with Crippen molar-refractivity contribution in [2.45, 2.75) is 6.04 Å². The van der Waals surface area contributed by atoms with Crippen molar-refractivity contribution in [2.75, 3.05) is 12.0 Å². The first-order chi connectivity index (χ1) is 15.5. The van der Waals surface area contributed by atoms with Gasteiger partial charge in [-0.15, -0.1) is 11.3 Å². The number of carbonyl (C=O) groups excluding carboxylic acids is 2. The molecule has 160 valence electrons. The number of thiophene rings is 1. The number of amides is 1. The number of nitrogens with zero attached hydrogens (tertiary/aromatic N) is 1. The lowest BCUT2D eigenvalue weighted by Gasteiger charge is -2.25. The lowest BCUT2D eigenvalue weighted by atomic mass is 10.00. The summed E-state index contributed by atoms with van der Waals surface area (Å²) in [4.78, 5) is 28.4. The quantitative estimate of drug-likeness (QED) is 0.411. The standard InChI is InChI=1S/C24H16FNO5S/c1-30-16-8-2-5-13-11-17(31-23(13)16)21(27)19-20(18-9-4-10-32-18)26(24(29)22(19)28)15-7-3-6-14(25)12-15/h2-12,20,28H,1H3. The van der Waals surface area contributed by atoms with Crippen LogP contribution in [-0.2, 0) is 4.79 Å². The maximum Gasteiger partial charge on any atom is 0.294 e. The van der Waals surface area contributed by atoms with Crippen LogP contribution in [0.3, 0.4) is 0 Å². The normalized spacial score (nSPS) is 16.2. The molecular weight excluding hydrogens is 433 g/mol. The Morgan fingerprint density at radius 1 is 1.16 bits per heavy atom. The molecule has 2 aromatic carbocycles. The predicted octanol–water partition coefficient (Wildman–Crippen LogP) is 5.42. The summed E-state index contributed by atoms with van der Waals surface area (Å²) in [5, 5.41) is 13.2. The second-order valence-corrected chi connectivity index (χ2v) is 8.13. The molecule has 0 bridgehead atoms. The Balaban J connectivity index is 1.65. The van der Waals surface area contributed by atoms with Crippen molar-refractivity contribution in [3.63, 3.8) is 0 Å². The lowest BCUT2D eigenvalue weighted by molar-refractivity contribution is -0.117. The van der Waals surface area contributed by atoms with Crippen molar-refractivity contribution < 1.29 is 28.2 Å². The molecule has 1 N–H and O–H groups in total. The smallest absolute Gasteiger partial charge is 0.294 e. The van der Waals surface area contributed by atoms with Gasteiger partial charge < -0.3 is 14.3 Å². The van der Waals surface area contributed by atoms with Crippen LogP contribution in [0.5, 0.6) is 5.75 Å². The minimum atomic E-state index is -0.924. The first kappa shape index (κ1) is 20.0. The fraction of sp³-hybridized carbons (Fsp3) is 0.0833. The van der Waals surface area contributed by atoms with E-state index in [1.807, 2.05) is 0 Å². The molecule has 32 heavy (non-hydrogen) atoms. The van der Waals surface area contributed by atoms with Gasteiger partial charge in [0.2, 0.25) is 5.78 Å². The molecular formula is C24H16FNO5S. The van der Waals surface area contributed by atoms with Gasteiger partial charge in [-0.3, -0.25) is 14.5 Å². The number of ether oxygens (including phenoxy) is 1. The van der Waals surface area contributed by atoms with Crippen LogP contribution in [-0.4, -0.2) is 23.9 Å². The highest BCUT2D eigenvalue weighted by molar-refractivity contribution is 7.10. The van der Waals surface area contributed by atoms with Gasteiger partial charge in [-0.05, 0) is 41.8 Å². The number of carbonyl (C=O) groups is 2. The fourth-order valence-corrected chi connectivity index (χ4v) is 4.71. The number of para-hydroxylation sites is 1. The number of rotatable bonds is 5. The summed E-state index contributed by atoms with van der Waals surface area (Å²) in [6.45, 7) is 0. The van der Waals surface area contributed by atoms with Crippen LogP contribution < -0.4 is 9.64 Å². The fourth-order valence-electron chi connectivity index (χ4n) is 3.89.